The van der Waals surface area contributed by atoms with Gasteiger partial charge in [-0.2, -0.15) is 5.10 Å². The molecule has 1 aromatic carbocycles. The third-order valence-corrected chi connectivity index (χ3v) is 8.23. The van der Waals surface area contributed by atoms with Crippen molar-refractivity contribution in [3.8, 4) is 22.6 Å². The van der Waals surface area contributed by atoms with Crippen molar-refractivity contribution in [3.63, 3.8) is 0 Å². The second kappa shape index (κ2) is 10.4. The Morgan fingerprint density at radius 3 is 2.38 bits per heavy atom. The van der Waals surface area contributed by atoms with Crippen molar-refractivity contribution in [3.05, 3.63) is 83.3 Å². The van der Waals surface area contributed by atoms with Gasteiger partial charge in [-0.1, -0.05) is 19.9 Å². The summed E-state index contributed by atoms with van der Waals surface area (Å²) in [4.78, 5) is 17.6. The monoisotopic (exact) mass is 550 g/mol. The third-order valence-electron chi connectivity index (χ3n) is 7.45. The molecule has 2 atom stereocenters. The number of rotatable bonds is 7. The fourth-order valence-electron chi connectivity index (χ4n) is 5.39. The van der Waals surface area contributed by atoms with Gasteiger partial charge in [-0.3, -0.25) is 0 Å². The lowest BCUT2D eigenvalue weighted by Gasteiger charge is -2.39. The van der Waals surface area contributed by atoms with E-state index >= 15 is 0 Å². The van der Waals surface area contributed by atoms with E-state index in [9.17, 15) is 17.2 Å². The molecule has 5 rings (SSSR count). The molecular formula is C28H28F2N6O2S. The van der Waals surface area contributed by atoms with Crippen molar-refractivity contribution in [2.24, 2.45) is 0 Å². The Morgan fingerprint density at radius 1 is 1.03 bits per heavy atom. The van der Waals surface area contributed by atoms with Crippen LogP contribution in [0.4, 0.5) is 8.78 Å². The van der Waals surface area contributed by atoms with Crippen LogP contribution in [-0.2, 0) is 21.0 Å². The van der Waals surface area contributed by atoms with Gasteiger partial charge < -0.3 is 0 Å². The number of nitrogens with zero attached hydrogens (tertiary/aromatic N) is 6. The lowest BCUT2D eigenvalue weighted by molar-refractivity contribution is 0.353. The summed E-state index contributed by atoms with van der Waals surface area (Å²) in [7, 11) is -3.26. The smallest absolute Gasteiger partial charge is 0.162 e. The SMILES string of the molecule is CC[C@H]1CC[C@](CC)(c2ccnc(-c3cnc(CS(C)(=O)=O)nc3)n2)c2nnc(-c3c(F)cccc3F)cc21. The molecule has 3 heterocycles. The number of fused-ring (bicyclic) bond motifs is 1. The predicted octanol–water partition coefficient (Wildman–Crippen LogP) is 5.20. The number of hydrogen-bond acceptors (Lipinski definition) is 8. The summed E-state index contributed by atoms with van der Waals surface area (Å²) in [5.41, 5.74) is 2.41. The van der Waals surface area contributed by atoms with Crippen molar-refractivity contribution < 1.29 is 17.2 Å². The average molecular weight is 551 g/mol. The van der Waals surface area contributed by atoms with Crippen LogP contribution in [0.1, 0.15) is 68.2 Å². The fraction of sp³-hybridized carbons (Fsp3) is 0.357. The molecule has 0 radical (unpaired) electrons. The van der Waals surface area contributed by atoms with Gasteiger partial charge in [-0.05, 0) is 61.4 Å². The minimum atomic E-state index is -3.26. The van der Waals surface area contributed by atoms with Crippen LogP contribution in [0, 0.1) is 11.6 Å². The van der Waals surface area contributed by atoms with E-state index in [2.05, 4.69) is 39.0 Å². The topological polar surface area (TPSA) is 111 Å². The van der Waals surface area contributed by atoms with Crippen LogP contribution in [-0.4, -0.2) is 44.8 Å². The first-order chi connectivity index (χ1) is 18.6. The standard InChI is InChI=1S/C28H28F2N6O2S/c1-4-17-9-11-28(5-2,26-19(17)13-22(35-36-26)25-20(29)7-6-8-21(25)30)23-10-12-31-27(34-23)18-14-32-24(33-15-18)16-39(3,37)38/h6-8,10,12-15,17H,4-5,9,11,16H2,1-3H3/t17-,28+/m0/s1. The molecule has 0 bridgehead atoms. The van der Waals surface area contributed by atoms with E-state index < -0.39 is 26.9 Å². The van der Waals surface area contributed by atoms with Crippen LogP contribution in [0.3, 0.4) is 0 Å². The molecule has 1 aliphatic rings. The first-order valence-electron chi connectivity index (χ1n) is 12.8. The molecule has 0 amide bonds. The molecule has 4 aromatic rings. The van der Waals surface area contributed by atoms with Crippen LogP contribution >= 0.6 is 0 Å². The summed E-state index contributed by atoms with van der Waals surface area (Å²) in [6.45, 7) is 4.15. The number of hydrogen-bond donors (Lipinski definition) is 0. The van der Waals surface area contributed by atoms with E-state index in [-0.39, 0.29) is 28.8 Å². The van der Waals surface area contributed by atoms with Gasteiger partial charge in [0.15, 0.2) is 15.7 Å². The Labute approximate surface area is 225 Å². The highest BCUT2D eigenvalue weighted by Crippen LogP contribution is 2.49. The Balaban J connectivity index is 1.58. The van der Waals surface area contributed by atoms with Gasteiger partial charge >= 0.3 is 0 Å². The molecule has 0 saturated heterocycles. The van der Waals surface area contributed by atoms with Gasteiger partial charge in [0.1, 0.15) is 23.2 Å². The van der Waals surface area contributed by atoms with Gasteiger partial charge in [-0.25, -0.2) is 37.1 Å². The number of halogens is 2. The van der Waals surface area contributed by atoms with Crippen LogP contribution in [0.2, 0.25) is 0 Å². The third kappa shape index (κ3) is 5.15. The summed E-state index contributed by atoms with van der Waals surface area (Å²) in [5, 5.41) is 8.90. The second-order valence-electron chi connectivity index (χ2n) is 9.93. The van der Waals surface area contributed by atoms with Crippen molar-refractivity contribution >= 4 is 9.84 Å². The second-order valence-corrected chi connectivity index (χ2v) is 12.1. The van der Waals surface area contributed by atoms with Crippen molar-refractivity contribution in [1.82, 2.24) is 30.1 Å². The van der Waals surface area contributed by atoms with Gasteiger partial charge in [0.05, 0.1) is 33.6 Å². The molecule has 1 aliphatic carbocycles. The molecular weight excluding hydrogens is 522 g/mol. The normalized spacial score (nSPS) is 19.1. The molecule has 202 valence electrons. The first-order valence-corrected chi connectivity index (χ1v) is 14.9. The van der Waals surface area contributed by atoms with Crippen LogP contribution in [0.5, 0.6) is 0 Å². The highest BCUT2D eigenvalue weighted by atomic mass is 32.2. The largest absolute Gasteiger partial charge is 0.240 e. The molecule has 11 heteroatoms. The molecule has 0 spiro atoms. The van der Waals surface area contributed by atoms with E-state index in [1.165, 1.54) is 30.6 Å². The summed E-state index contributed by atoms with van der Waals surface area (Å²) >= 11 is 0. The minimum Gasteiger partial charge on any atom is -0.240 e. The Hall–Kier alpha value is -3.73. The predicted molar refractivity (Wildman–Crippen MR) is 142 cm³/mol. The lowest BCUT2D eigenvalue weighted by Crippen LogP contribution is -2.36. The van der Waals surface area contributed by atoms with Gasteiger partial charge in [0.25, 0.3) is 0 Å². The van der Waals surface area contributed by atoms with Crippen molar-refractivity contribution in [2.45, 2.75) is 56.6 Å². The van der Waals surface area contributed by atoms with Gasteiger partial charge in [0.2, 0.25) is 0 Å². The maximum absolute atomic E-state index is 14.6. The van der Waals surface area contributed by atoms with Crippen LogP contribution in [0.15, 0.2) is 48.9 Å². The van der Waals surface area contributed by atoms with E-state index in [1.807, 2.05) is 6.07 Å². The average Bonchev–Trinajstić information content (AvgIpc) is 2.92. The Morgan fingerprint density at radius 2 is 1.74 bits per heavy atom. The Kier molecular flexibility index (Phi) is 7.19. The molecule has 0 unspecified atom stereocenters. The highest BCUT2D eigenvalue weighted by Gasteiger charge is 2.43. The molecule has 0 N–H and O–H groups in total. The van der Waals surface area contributed by atoms with Gasteiger partial charge in [-0.15, -0.1) is 5.10 Å². The molecule has 8 nitrogen and oxygen atoms in total. The molecule has 0 aliphatic heterocycles. The summed E-state index contributed by atoms with van der Waals surface area (Å²) in [5.74, 6) is -0.837. The zero-order chi connectivity index (χ0) is 27.8. The van der Waals surface area contributed by atoms with Crippen molar-refractivity contribution in [2.75, 3.05) is 6.26 Å². The molecule has 39 heavy (non-hydrogen) atoms. The zero-order valence-corrected chi connectivity index (χ0v) is 22.7. The fourth-order valence-corrected chi connectivity index (χ4v) is 6.01. The summed E-state index contributed by atoms with van der Waals surface area (Å²) in [6, 6.07) is 7.39. The van der Waals surface area contributed by atoms with Gasteiger partial charge in [0, 0.05) is 24.8 Å². The maximum atomic E-state index is 14.6. The Bertz CT molecular complexity index is 1610. The first kappa shape index (κ1) is 26.9. The highest BCUT2D eigenvalue weighted by molar-refractivity contribution is 7.89. The van der Waals surface area contributed by atoms with E-state index in [1.54, 1.807) is 12.3 Å². The number of aromatic nitrogens is 6. The van der Waals surface area contributed by atoms with Crippen molar-refractivity contribution in [1.29, 1.82) is 0 Å². The summed E-state index contributed by atoms with van der Waals surface area (Å²) in [6.07, 6.45) is 8.99. The molecule has 0 saturated carbocycles. The van der Waals surface area contributed by atoms with E-state index in [0.717, 1.165) is 42.5 Å². The lowest BCUT2D eigenvalue weighted by atomic mass is 9.65. The van der Waals surface area contributed by atoms with Crippen LogP contribution < -0.4 is 0 Å². The van der Waals surface area contributed by atoms with E-state index in [0.29, 0.717) is 17.8 Å². The molecule has 0 fully saturated rings. The number of benzene rings is 1. The summed E-state index contributed by atoms with van der Waals surface area (Å²) < 4.78 is 52.3. The van der Waals surface area contributed by atoms with E-state index in [4.69, 9.17) is 4.98 Å². The maximum Gasteiger partial charge on any atom is 0.162 e. The molecule has 3 aromatic heterocycles. The zero-order valence-electron chi connectivity index (χ0n) is 21.9. The minimum absolute atomic E-state index is 0.167. The number of sulfone groups is 1. The quantitative estimate of drug-likeness (QED) is 0.309. The van der Waals surface area contributed by atoms with Crippen LogP contribution in [0.25, 0.3) is 22.6 Å².